The van der Waals surface area contributed by atoms with Crippen LogP contribution in [-0.4, -0.2) is 53.1 Å². The zero-order valence-corrected chi connectivity index (χ0v) is 6.12. The van der Waals surface area contributed by atoms with Gasteiger partial charge in [0, 0.05) is 0 Å². The Kier molecular flexibility index (Phi) is 11.1. The van der Waals surface area contributed by atoms with Crippen molar-refractivity contribution < 1.29 is 28.4 Å². The summed E-state index contributed by atoms with van der Waals surface area (Å²) in [7, 11) is 0. The van der Waals surface area contributed by atoms with Crippen molar-refractivity contribution in [1.82, 2.24) is 0 Å². The second-order valence-electron chi connectivity index (χ2n) is 1.13. The molecule has 0 radical (unpaired) electrons. The van der Waals surface area contributed by atoms with Crippen molar-refractivity contribution in [3.8, 4) is 0 Å². The molecule has 0 aromatic carbocycles. The summed E-state index contributed by atoms with van der Waals surface area (Å²) in [4.78, 5) is 9.41. The second kappa shape index (κ2) is 8.84. The molecule has 1 atom stereocenters. The van der Waals surface area contributed by atoms with E-state index in [1.807, 2.05) is 0 Å². The van der Waals surface area contributed by atoms with Gasteiger partial charge in [-0.3, -0.25) is 0 Å². The average Bonchev–Trinajstić information content (AvgIpc) is 1.88. The van der Waals surface area contributed by atoms with Crippen molar-refractivity contribution in [3.05, 3.63) is 0 Å². The van der Waals surface area contributed by atoms with Gasteiger partial charge < -0.3 is 20.1 Å². The van der Waals surface area contributed by atoms with E-state index in [1.54, 1.807) is 0 Å². The quantitative estimate of drug-likeness (QED) is 0.307. The van der Waals surface area contributed by atoms with Gasteiger partial charge in [-0.1, -0.05) is 0 Å². The van der Waals surface area contributed by atoms with Crippen molar-refractivity contribution in [2.24, 2.45) is 0 Å². The van der Waals surface area contributed by atoms with Crippen molar-refractivity contribution in [1.29, 1.82) is 0 Å². The third-order valence-electron chi connectivity index (χ3n) is 0.445. The first kappa shape index (κ1) is 12.5. The third-order valence-corrected chi connectivity index (χ3v) is 0.445. The number of aliphatic hydroxyl groups is 2. The summed E-state index contributed by atoms with van der Waals surface area (Å²) < 4.78 is 14.4. The predicted octanol–water partition coefficient (Wildman–Crippen LogP) is -4.41. The molecule has 0 amide bonds. The number of aliphatic carboxylic acids is 1. The van der Waals surface area contributed by atoms with E-state index in [-0.39, 0.29) is 0 Å². The van der Waals surface area contributed by atoms with Crippen LogP contribution in [0, 0.1) is 0 Å². The van der Waals surface area contributed by atoms with Crippen LogP contribution in [-0.2, 0) is 4.79 Å². The van der Waals surface area contributed by atoms with Crippen molar-refractivity contribution >= 4 is 21.9 Å². The zero-order valence-electron chi connectivity index (χ0n) is 4.97. The minimum atomic E-state index is -1.74. The molecule has 0 fully saturated rings. The van der Waals surface area contributed by atoms with Crippen LogP contribution >= 0.6 is 0 Å². The van der Waals surface area contributed by atoms with E-state index < -0.39 is 34.6 Å². The molecule has 0 aliphatic rings. The molecular formula is C3H7AlO6. The molecular weight excluding hydrogens is 159 g/mol. The van der Waals surface area contributed by atoms with Crippen LogP contribution in [0.4, 0.5) is 0 Å². The van der Waals surface area contributed by atoms with Gasteiger partial charge >= 0.3 is 24.2 Å². The van der Waals surface area contributed by atoms with E-state index in [0.717, 1.165) is 0 Å². The van der Waals surface area contributed by atoms with Gasteiger partial charge in [0.15, 0.2) is 0 Å². The molecule has 6 nitrogen and oxygen atoms in total. The van der Waals surface area contributed by atoms with E-state index in [0.29, 0.717) is 0 Å². The van der Waals surface area contributed by atoms with Gasteiger partial charge in [-0.25, -0.2) is 0 Å². The monoisotopic (exact) mass is 166 g/mol. The third kappa shape index (κ3) is 10.8. The normalized spacial score (nSPS) is 10.4. The molecule has 0 bridgehead atoms. The first-order valence-electron chi connectivity index (χ1n) is 2.20. The number of carboxylic acids is 1. The van der Waals surface area contributed by atoms with Gasteiger partial charge in [0.05, 0.1) is 12.6 Å². The summed E-state index contributed by atoms with van der Waals surface area (Å²) in [6, 6.07) is 0. The zero-order chi connectivity index (χ0) is 8.57. The number of carbonyl (C=O) groups excluding carboxylic acids is 1. The number of aliphatic hydroxyl groups excluding tert-OH is 2. The maximum atomic E-state index is 9.41. The van der Waals surface area contributed by atoms with E-state index in [2.05, 4.69) is 0 Å². The van der Waals surface area contributed by atoms with Crippen LogP contribution in [0.5, 0.6) is 0 Å². The molecule has 10 heavy (non-hydrogen) atoms. The summed E-state index contributed by atoms with van der Waals surface area (Å²) >= 11 is -1.25. The van der Waals surface area contributed by atoms with E-state index in [4.69, 9.17) is 18.5 Å². The Morgan fingerprint density at radius 2 is 1.90 bits per heavy atom. The van der Waals surface area contributed by atoms with Gasteiger partial charge in [-0.2, -0.15) is 0 Å². The number of hydrogen-bond donors (Lipinski definition) is 4. The van der Waals surface area contributed by atoms with Gasteiger partial charge in [-0.05, 0) is 0 Å². The summed E-state index contributed by atoms with van der Waals surface area (Å²) in [5.41, 5.74) is 0. The Morgan fingerprint density at radius 1 is 1.60 bits per heavy atom. The summed E-state index contributed by atoms with van der Waals surface area (Å²) in [5.74, 6) is -1.65. The van der Waals surface area contributed by atoms with Gasteiger partial charge in [0.2, 0.25) is 0 Å². The summed E-state index contributed by atoms with van der Waals surface area (Å²) in [6.45, 7) is -0.789. The van der Waals surface area contributed by atoms with Gasteiger partial charge in [0.25, 0.3) is 0 Å². The number of rotatable bonds is 2. The summed E-state index contributed by atoms with van der Waals surface area (Å²) in [6.07, 6.45) is -1.74. The summed E-state index contributed by atoms with van der Waals surface area (Å²) in [5, 5.41) is 25.3. The Labute approximate surface area is 63.7 Å². The fraction of sp³-hybridized carbons (Fsp3) is 0.667. The van der Waals surface area contributed by atoms with Crippen molar-refractivity contribution in [3.63, 3.8) is 0 Å². The standard InChI is InChI=1S/C3H6O4.Al.2H2O/c4-1-2(5)3(6)7;;;/h2,4-5H,1H2,(H,6,7);;2*1H2/q;+3;;/p-3. The van der Waals surface area contributed by atoms with Gasteiger partial charge in [0.1, 0.15) is 6.10 Å². The molecule has 0 aromatic rings. The van der Waals surface area contributed by atoms with Crippen LogP contribution in [0.2, 0.25) is 0 Å². The van der Waals surface area contributed by atoms with Crippen molar-refractivity contribution in [2.75, 3.05) is 6.61 Å². The molecule has 7 heteroatoms. The number of carbonyl (C=O) groups is 1. The average molecular weight is 166 g/mol. The topological polar surface area (TPSA) is 121 Å². The van der Waals surface area contributed by atoms with Crippen molar-refractivity contribution in [2.45, 2.75) is 6.10 Å². The van der Waals surface area contributed by atoms with Crippen LogP contribution in [0.15, 0.2) is 0 Å². The molecule has 0 saturated carbocycles. The van der Waals surface area contributed by atoms with E-state index in [1.165, 1.54) is 0 Å². The molecule has 4 N–H and O–H groups in total. The molecule has 0 aromatic heterocycles. The fourth-order valence-electron chi connectivity index (χ4n) is 0.0745. The molecule has 0 aliphatic heterocycles. The molecule has 58 valence electrons. The van der Waals surface area contributed by atoms with E-state index >= 15 is 0 Å². The van der Waals surface area contributed by atoms with E-state index in [9.17, 15) is 9.90 Å². The SMILES string of the molecule is O=C([O-])C(O)CO.[OH][Al+][OH]. The fourth-order valence-corrected chi connectivity index (χ4v) is 0.0745. The van der Waals surface area contributed by atoms with Gasteiger partial charge in [-0.15, -0.1) is 0 Å². The molecule has 0 spiro atoms. The van der Waals surface area contributed by atoms with Crippen LogP contribution in [0.25, 0.3) is 0 Å². The maximum absolute atomic E-state index is 9.41. The molecule has 0 heterocycles. The Balaban J connectivity index is 0. The molecule has 0 aliphatic carbocycles. The van der Waals surface area contributed by atoms with Crippen LogP contribution < -0.4 is 5.11 Å². The van der Waals surface area contributed by atoms with Crippen LogP contribution in [0.1, 0.15) is 0 Å². The molecule has 1 unspecified atom stereocenters. The van der Waals surface area contributed by atoms with Crippen LogP contribution in [0.3, 0.4) is 0 Å². The first-order chi connectivity index (χ1) is 4.59. The Morgan fingerprint density at radius 3 is 1.90 bits per heavy atom. The first-order valence-corrected chi connectivity index (χ1v) is 3.23. The Bertz CT molecular complexity index is 85.1. The number of carboxylic acid groups (broad SMARTS) is 1. The minimum absolute atomic E-state index is 0.789. The molecule has 0 rings (SSSR count). The second-order valence-corrected chi connectivity index (χ2v) is 1.36. The molecule has 0 saturated heterocycles. The predicted molar refractivity (Wildman–Crippen MR) is 28.3 cm³/mol. The number of hydrogen-bond acceptors (Lipinski definition) is 6. The Hall–Kier alpha value is -0.158.